The molecule has 2 unspecified atom stereocenters. The molecule has 1 aliphatic heterocycles. The smallest absolute Gasteiger partial charge is 0.261 e. The lowest BCUT2D eigenvalue weighted by molar-refractivity contribution is -0.126. The Bertz CT molecular complexity index is 1320. The third-order valence-electron chi connectivity index (χ3n) is 6.53. The van der Waals surface area contributed by atoms with E-state index in [1.165, 1.54) is 18.2 Å². The Morgan fingerprint density at radius 3 is 2.65 bits per heavy atom. The number of alkyl halides is 1. The number of nitrogens with zero attached hydrogens (tertiary/aromatic N) is 2. The molecule has 2 heterocycles. The Balaban J connectivity index is 1.44. The number of amides is 1. The molecule has 1 aromatic heterocycles. The average molecular weight is 530 g/mol. The third-order valence-corrected chi connectivity index (χ3v) is 7.93. The van der Waals surface area contributed by atoms with Crippen molar-refractivity contribution in [2.45, 2.75) is 50.3 Å². The summed E-state index contributed by atoms with van der Waals surface area (Å²) in [6.07, 6.45) is 3.10. The largest absolute Gasteiger partial charge is 0.339 e. The number of halogens is 1. The molecule has 2 atom stereocenters. The lowest BCUT2D eigenvalue weighted by Crippen LogP contribution is -2.35. The Morgan fingerprint density at radius 1 is 1.22 bits per heavy atom. The van der Waals surface area contributed by atoms with Crippen LogP contribution >= 0.6 is 0 Å². The van der Waals surface area contributed by atoms with Crippen LogP contribution in [0.4, 0.5) is 15.8 Å². The summed E-state index contributed by atoms with van der Waals surface area (Å²) < 4.78 is 47.4. The molecule has 3 N–H and O–H groups in total. The summed E-state index contributed by atoms with van der Waals surface area (Å²) >= 11 is 0. The maximum atomic E-state index is 13.5. The van der Waals surface area contributed by atoms with Crippen molar-refractivity contribution in [1.82, 2.24) is 15.5 Å². The molecular formula is C26H32FN5O4S. The molecule has 198 valence electrons. The normalized spacial score (nSPS) is 17.6. The van der Waals surface area contributed by atoms with Gasteiger partial charge in [-0.1, -0.05) is 24.6 Å². The molecule has 37 heavy (non-hydrogen) atoms. The van der Waals surface area contributed by atoms with Crippen molar-refractivity contribution in [1.29, 1.82) is 0 Å². The van der Waals surface area contributed by atoms with Crippen molar-refractivity contribution >= 4 is 27.3 Å². The highest BCUT2D eigenvalue weighted by Crippen LogP contribution is 2.28. The first-order valence-corrected chi connectivity index (χ1v) is 13.9. The van der Waals surface area contributed by atoms with Crippen LogP contribution in [-0.2, 0) is 14.8 Å². The van der Waals surface area contributed by atoms with E-state index in [9.17, 15) is 17.6 Å². The second kappa shape index (κ2) is 11.4. The van der Waals surface area contributed by atoms with Gasteiger partial charge in [-0.3, -0.25) is 9.52 Å². The number of aromatic nitrogens is 2. The fourth-order valence-corrected chi connectivity index (χ4v) is 5.36. The lowest BCUT2D eigenvalue weighted by atomic mass is 9.86. The van der Waals surface area contributed by atoms with Gasteiger partial charge >= 0.3 is 0 Å². The van der Waals surface area contributed by atoms with Gasteiger partial charge in [-0.05, 0) is 75.2 Å². The molecule has 0 radical (unpaired) electrons. The van der Waals surface area contributed by atoms with Crippen molar-refractivity contribution in [3.63, 3.8) is 0 Å². The highest BCUT2D eigenvalue weighted by Gasteiger charge is 2.32. The van der Waals surface area contributed by atoms with Crippen molar-refractivity contribution in [2.75, 3.05) is 29.8 Å². The molecule has 11 heteroatoms. The molecule has 2 aromatic carbocycles. The SMILES string of the molecule is CCCC(C)(CF)C(=O)Nc1cccc(NS(=O)(=O)c2ccc(-c3noc(C4CCCNC4)n3)cc2)c1. The Labute approximate surface area is 216 Å². The maximum Gasteiger partial charge on any atom is 0.261 e. The number of rotatable bonds is 10. The number of carbonyl (C=O) groups is 1. The number of carbonyl (C=O) groups excluding carboxylic acids is 1. The summed E-state index contributed by atoms with van der Waals surface area (Å²) in [6.45, 7) is 4.46. The Morgan fingerprint density at radius 2 is 1.97 bits per heavy atom. The number of benzene rings is 2. The molecular weight excluding hydrogens is 497 g/mol. The fourth-order valence-electron chi connectivity index (χ4n) is 4.31. The minimum atomic E-state index is -3.91. The second-order valence-corrected chi connectivity index (χ2v) is 11.3. The number of piperidine rings is 1. The zero-order valence-electron chi connectivity index (χ0n) is 21.0. The van der Waals surface area contributed by atoms with Gasteiger partial charge in [0.2, 0.25) is 17.6 Å². The quantitative estimate of drug-likeness (QED) is 0.347. The monoisotopic (exact) mass is 529 g/mol. The van der Waals surface area contributed by atoms with E-state index < -0.39 is 28.0 Å². The van der Waals surface area contributed by atoms with E-state index in [2.05, 4.69) is 25.5 Å². The predicted molar refractivity (Wildman–Crippen MR) is 139 cm³/mol. The number of hydrogen-bond donors (Lipinski definition) is 3. The maximum absolute atomic E-state index is 13.5. The number of nitrogens with one attached hydrogen (secondary N) is 3. The number of anilines is 2. The first-order chi connectivity index (χ1) is 17.7. The van der Waals surface area contributed by atoms with Gasteiger partial charge in [0.05, 0.1) is 21.9 Å². The van der Waals surface area contributed by atoms with Gasteiger partial charge in [-0.2, -0.15) is 4.98 Å². The van der Waals surface area contributed by atoms with Crippen molar-refractivity contribution < 1.29 is 22.1 Å². The van der Waals surface area contributed by atoms with Crippen LogP contribution in [0.15, 0.2) is 57.9 Å². The first kappa shape index (κ1) is 26.7. The highest BCUT2D eigenvalue weighted by molar-refractivity contribution is 7.92. The topological polar surface area (TPSA) is 126 Å². The van der Waals surface area contributed by atoms with E-state index in [4.69, 9.17) is 4.52 Å². The summed E-state index contributed by atoms with van der Waals surface area (Å²) in [6, 6.07) is 12.5. The van der Waals surface area contributed by atoms with E-state index in [0.29, 0.717) is 35.8 Å². The standard InChI is InChI=1S/C26H32FN5O4S/c1-3-13-26(2,17-27)25(33)29-20-7-4-8-21(15-20)32-37(34,35)22-11-9-18(10-12-22)23-30-24(36-31-23)19-6-5-14-28-16-19/h4,7-12,15,19,28,32H,3,5-6,13-14,16-17H2,1-2H3,(H,29,33). The highest BCUT2D eigenvalue weighted by atomic mass is 32.2. The van der Waals surface area contributed by atoms with Crippen LogP contribution in [0, 0.1) is 5.41 Å². The summed E-state index contributed by atoms with van der Waals surface area (Å²) in [7, 11) is -3.91. The fraction of sp³-hybridized carbons (Fsp3) is 0.423. The molecule has 0 saturated carbocycles. The van der Waals surface area contributed by atoms with Crippen molar-refractivity contribution in [3.05, 3.63) is 54.4 Å². The molecule has 0 aliphatic carbocycles. The molecule has 4 rings (SSSR count). The van der Waals surface area contributed by atoms with Crippen molar-refractivity contribution in [2.24, 2.45) is 5.41 Å². The van der Waals surface area contributed by atoms with E-state index in [-0.39, 0.29) is 16.5 Å². The summed E-state index contributed by atoms with van der Waals surface area (Å²) in [5.74, 6) is 0.715. The Kier molecular flexibility index (Phi) is 8.23. The van der Waals surface area contributed by atoms with Gasteiger partial charge < -0.3 is 15.2 Å². The number of sulfonamides is 1. The molecule has 1 fully saturated rings. The zero-order chi connectivity index (χ0) is 26.5. The van der Waals surface area contributed by atoms with Gasteiger partial charge in [0.15, 0.2) is 0 Å². The minimum Gasteiger partial charge on any atom is -0.339 e. The summed E-state index contributed by atoms with van der Waals surface area (Å²) in [4.78, 5) is 17.1. The van der Waals surface area contributed by atoms with Gasteiger partial charge in [0.1, 0.15) is 6.67 Å². The van der Waals surface area contributed by atoms with Gasteiger partial charge in [-0.15, -0.1) is 0 Å². The van der Waals surface area contributed by atoms with Crippen LogP contribution in [0.5, 0.6) is 0 Å². The molecule has 9 nitrogen and oxygen atoms in total. The minimum absolute atomic E-state index is 0.0545. The third kappa shape index (κ3) is 6.34. The Hall–Kier alpha value is -3.31. The lowest BCUT2D eigenvalue weighted by Gasteiger charge is -2.24. The van der Waals surface area contributed by atoms with Crippen molar-refractivity contribution in [3.8, 4) is 11.4 Å². The van der Waals surface area contributed by atoms with Crippen LogP contribution in [0.25, 0.3) is 11.4 Å². The van der Waals surface area contributed by atoms with Gasteiger partial charge in [0, 0.05) is 17.8 Å². The molecule has 1 saturated heterocycles. The molecule has 1 amide bonds. The molecule has 0 spiro atoms. The van der Waals surface area contributed by atoms with Crippen LogP contribution in [0.1, 0.15) is 51.3 Å². The van der Waals surface area contributed by atoms with Crippen LogP contribution in [0.3, 0.4) is 0 Å². The second-order valence-electron chi connectivity index (χ2n) is 9.61. The zero-order valence-corrected chi connectivity index (χ0v) is 21.8. The molecule has 1 aliphatic rings. The van der Waals surface area contributed by atoms with E-state index in [0.717, 1.165) is 25.9 Å². The molecule has 3 aromatic rings. The first-order valence-electron chi connectivity index (χ1n) is 12.4. The van der Waals surface area contributed by atoms with Gasteiger partial charge in [-0.25, -0.2) is 12.8 Å². The van der Waals surface area contributed by atoms with Crippen LogP contribution in [0.2, 0.25) is 0 Å². The summed E-state index contributed by atoms with van der Waals surface area (Å²) in [5, 5.41) is 10.1. The number of hydrogen-bond acceptors (Lipinski definition) is 7. The van der Waals surface area contributed by atoms with Crippen LogP contribution < -0.4 is 15.4 Å². The predicted octanol–water partition coefficient (Wildman–Crippen LogP) is 4.72. The summed E-state index contributed by atoms with van der Waals surface area (Å²) in [5.41, 5.74) is 0.143. The van der Waals surface area contributed by atoms with Crippen LogP contribution in [-0.4, -0.2) is 44.2 Å². The van der Waals surface area contributed by atoms with E-state index in [1.807, 2.05) is 6.92 Å². The average Bonchev–Trinajstić information content (AvgIpc) is 3.40. The van der Waals surface area contributed by atoms with E-state index in [1.54, 1.807) is 37.3 Å². The van der Waals surface area contributed by atoms with Gasteiger partial charge in [0.25, 0.3) is 10.0 Å². The molecule has 0 bridgehead atoms. The van der Waals surface area contributed by atoms with E-state index >= 15 is 0 Å².